The molecule has 0 spiro atoms. The van der Waals surface area contributed by atoms with Crippen molar-refractivity contribution in [2.45, 2.75) is 24.5 Å². The van der Waals surface area contributed by atoms with Gasteiger partial charge in [-0.25, -0.2) is 9.86 Å². The molecule has 5 nitrogen and oxygen atoms in total. The highest BCUT2D eigenvalue weighted by Gasteiger charge is 2.42. The molecular weight excluding hydrogens is 258 g/mol. The van der Waals surface area contributed by atoms with E-state index in [0.29, 0.717) is 5.56 Å². The number of aliphatic hydroxyl groups is 1. The summed E-state index contributed by atoms with van der Waals surface area (Å²) in [5, 5.41) is 11.3. The normalized spacial score (nSPS) is 27.7. The summed E-state index contributed by atoms with van der Waals surface area (Å²) in [6.45, 7) is -0.0348. The molecule has 5 heteroatoms. The Balaban J connectivity index is 1.84. The highest BCUT2D eigenvalue weighted by molar-refractivity contribution is 5.89. The number of hydrogen-bond acceptors (Lipinski definition) is 5. The van der Waals surface area contributed by atoms with Crippen LogP contribution in [0.25, 0.3) is 0 Å². The lowest BCUT2D eigenvalue weighted by Crippen LogP contribution is -2.54. The number of nitrogens with zero attached hydrogens (tertiary/aromatic N) is 1. The van der Waals surface area contributed by atoms with Gasteiger partial charge in [-0.15, -0.1) is 0 Å². The summed E-state index contributed by atoms with van der Waals surface area (Å²) in [5.41, 5.74) is 0.769. The molecule has 20 heavy (non-hydrogen) atoms. The first-order chi connectivity index (χ1) is 9.67. The van der Waals surface area contributed by atoms with E-state index < -0.39 is 5.60 Å². The first-order valence-corrected chi connectivity index (χ1v) is 6.64. The zero-order valence-corrected chi connectivity index (χ0v) is 11.3. The molecule has 0 unspecified atom stereocenters. The number of benzene rings is 1. The van der Waals surface area contributed by atoms with Gasteiger partial charge in [0.25, 0.3) is 0 Å². The summed E-state index contributed by atoms with van der Waals surface area (Å²) in [5.74, 6) is -0.357. The van der Waals surface area contributed by atoms with Crippen molar-refractivity contribution in [2.75, 3.05) is 18.8 Å². The number of aliphatic hydroxyl groups excluding tert-OH is 1. The van der Waals surface area contributed by atoms with Crippen molar-refractivity contribution in [3.63, 3.8) is 0 Å². The Bertz CT molecular complexity index is 539. The van der Waals surface area contributed by atoms with Crippen LogP contribution in [0, 0.1) is 0 Å². The minimum absolute atomic E-state index is 0.0348. The number of carbonyl (C=O) groups excluding carboxylic acids is 1. The van der Waals surface area contributed by atoms with Gasteiger partial charge in [-0.3, -0.25) is 4.84 Å². The van der Waals surface area contributed by atoms with E-state index in [-0.39, 0.29) is 18.6 Å². The Morgan fingerprint density at radius 1 is 1.50 bits per heavy atom. The second-order valence-corrected chi connectivity index (χ2v) is 5.14. The van der Waals surface area contributed by atoms with Gasteiger partial charge in [0, 0.05) is 0 Å². The van der Waals surface area contributed by atoms with Crippen molar-refractivity contribution in [2.24, 2.45) is 0 Å². The lowest BCUT2D eigenvalue weighted by atomic mass is 9.87. The van der Waals surface area contributed by atoms with Crippen LogP contribution in [0.5, 0.6) is 0 Å². The maximum Gasteiger partial charge on any atom is 0.337 e. The standard InChI is InChI=1S/C15H17NO4/c1-19-14(18)11-2-4-12(5-3-11)16-13-6-8-15(10-17,20-16)9-7-13/h2-6,8,13,17H,7,9-10H2,1H3/t13-,15+/m1/s1. The summed E-state index contributed by atoms with van der Waals surface area (Å²) < 4.78 is 4.68. The lowest BCUT2D eigenvalue weighted by molar-refractivity contribution is -0.104. The van der Waals surface area contributed by atoms with Crippen LogP contribution in [0.4, 0.5) is 5.69 Å². The Hall–Kier alpha value is -1.85. The molecule has 0 amide bonds. The van der Waals surface area contributed by atoms with Gasteiger partial charge in [0.2, 0.25) is 0 Å². The first-order valence-electron chi connectivity index (χ1n) is 6.64. The van der Waals surface area contributed by atoms with Crippen LogP contribution < -0.4 is 5.06 Å². The number of esters is 1. The average Bonchev–Trinajstić information content (AvgIpc) is 2.55. The maximum absolute atomic E-state index is 11.4. The number of ether oxygens (including phenoxy) is 1. The Kier molecular flexibility index (Phi) is 3.23. The Morgan fingerprint density at radius 2 is 2.25 bits per heavy atom. The quantitative estimate of drug-likeness (QED) is 0.671. The van der Waals surface area contributed by atoms with Crippen LogP contribution in [0.15, 0.2) is 36.4 Å². The van der Waals surface area contributed by atoms with Gasteiger partial charge in [-0.05, 0) is 43.2 Å². The van der Waals surface area contributed by atoms with E-state index in [9.17, 15) is 9.90 Å². The predicted molar refractivity (Wildman–Crippen MR) is 73.3 cm³/mol. The van der Waals surface area contributed by atoms with E-state index in [1.165, 1.54) is 7.11 Å². The molecule has 2 heterocycles. The molecule has 1 aliphatic carbocycles. The number of carbonyl (C=O) groups is 1. The summed E-state index contributed by atoms with van der Waals surface area (Å²) in [4.78, 5) is 17.3. The van der Waals surface area contributed by atoms with Crippen LogP contribution in [0.3, 0.4) is 0 Å². The summed E-state index contributed by atoms with van der Waals surface area (Å²) in [7, 11) is 1.36. The molecule has 0 aromatic heterocycles. The van der Waals surface area contributed by atoms with Gasteiger partial charge in [0.1, 0.15) is 5.60 Å². The largest absolute Gasteiger partial charge is 0.465 e. The highest BCUT2D eigenvalue weighted by Crippen LogP contribution is 2.38. The number of hydrogen-bond donors (Lipinski definition) is 1. The fourth-order valence-corrected chi connectivity index (χ4v) is 2.66. The molecule has 106 valence electrons. The molecule has 1 N–H and O–H groups in total. The SMILES string of the molecule is COC(=O)c1ccc(N2O[C@@]3(CO)C=C[C@@H]2CC3)cc1. The van der Waals surface area contributed by atoms with E-state index in [1.54, 1.807) is 17.2 Å². The molecule has 2 atom stereocenters. The second-order valence-electron chi connectivity index (χ2n) is 5.14. The van der Waals surface area contributed by atoms with E-state index >= 15 is 0 Å². The van der Waals surface area contributed by atoms with E-state index in [2.05, 4.69) is 10.8 Å². The maximum atomic E-state index is 11.4. The van der Waals surface area contributed by atoms with Crippen molar-refractivity contribution < 1.29 is 19.5 Å². The monoisotopic (exact) mass is 275 g/mol. The van der Waals surface area contributed by atoms with Crippen LogP contribution in [-0.4, -0.2) is 36.4 Å². The number of anilines is 1. The fraction of sp³-hybridized carbons (Fsp3) is 0.400. The third-order valence-electron chi connectivity index (χ3n) is 3.88. The van der Waals surface area contributed by atoms with Crippen molar-refractivity contribution in [3.8, 4) is 0 Å². The van der Waals surface area contributed by atoms with Gasteiger partial charge in [-0.1, -0.05) is 6.08 Å². The predicted octanol–water partition coefficient (Wildman–Crippen LogP) is 1.67. The van der Waals surface area contributed by atoms with E-state index in [1.807, 2.05) is 18.2 Å². The number of methoxy groups -OCH3 is 1. The summed E-state index contributed by atoms with van der Waals surface area (Å²) in [6.07, 6.45) is 5.77. The minimum atomic E-state index is -0.601. The molecule has 0 saturated carbocycles. The van der Waals surface area contributed by atoms with Gasteiger partial charge >= 0.3 is 5.97 Å². The Labute approximate surface area is 117 Å². The van der Waals surface area contributed by atoms with Gasteiger partial charge < -0.3 is 9.84 Å². The molecule has 2 aliphatic heterocycles. The summed E-state index contributed by atoms with van der Waals surface area (Å²) in [6, 6.07) is 7.24. The van der Waals surface area contributed by atoms with Crippen LogP contribution >= 0.6 is 0 Å². The zero-order valence-electron chi connectivity index (χ0n) is 11.3. The Morgan fingerprint density at radius 3 is 2.80 bits per heavy atom. The molecular formula is C15H17NO4. The molecule has 1 aromatic rings. The van der Waals surface area contributed by atoms with Crippen LogP contribution in [-0.2, 0) is 9.57 Å². The topological polar surface area (TPSA) is 59.0 Å². The van der Waals surface area contributed by atoms with E-state index in [0.717, 1.165) is 18.5 Å². The van der Waals surface area contributed by atoms with Gasteiger partial charge in [0.05, 0.1) is 31.0 Å². The average molecular weight is 275 g/mol. The molecule has 2 bridgehead atoms. The highest BCUT2D eigenvalue weighted by atomic mass is 16.7. The second kappa shape index (κ2) is 4.92. The van der Waals surface area contributed by atoms with Crippen molar-refractivity contribution in [3.05, 3.63) is 42.0 Å². The lowest BCUT2D eigenvalue weighted by Gasteiger charge is -2.48. The van der Waals surface area contributed by atoms with Crippen molar-refractivity contribution >= 4 is 11.7 Å². The molecule has 0 radical (unpaired) electrons. The van der Waals surface area contributed by atoms with Gasteiger partial charge in [-0.2, -0.15) is 0 Å². The van der Waals surface area contributed by atoms with Crippen molar-refractivity contribution in [1.82, 2.24) is 0 Å². The number of fused-ring (bicyclic) bond motifs is 2. The molecule has 1 aromatic carbocycles. The van der Waals surface area contributed by atoms with Crippen LogP contribution in [0.1, 0.15) is 23.2 Å². The van der Waals surface area contributed by atoms with Crippen molar-refractivity contribution in [1.29, 1.82) is 0 Å². The third-order valence-corrected chi connectivity index (χ3v) is 3.88. The first kappa shape index (κ1) is 13.1. The molecule has 4 rings (SSSR count). The number of rotatable bonds is 3. The summed E-state index contributed by atoms with van der Waals surface area (Å²) >= 11 is 0. The third kappa shape index (κ3) is 2.09. The zero-order chi connectivity index (χ0) is 14.2. The van der Waals surface area contributed by atoms with Gasteiger partial charge in [0.15, 0.2) is 0 Å². The minimum Gasteiger partial charge on any atom is -0.465 e. The molecule has 1 saturated heterocycles. The molecule has 3 aliphatic rings. The molecule has 1 fully saturated rings. The van der Waals surface area contributed by atoms with Crippen LogP contribution in [0.2, 0.25) is 0 Å². The smallest absolute Gasteiger partial charge is 0.337 e. The number of hydroxylamine groups is 1. The fourth-order valence-electron chi connectivity index (χ4n) is 2.66. The van der Waals surface area contributed by atoms with E-state index in [4.69, 9.17) is 4.84 Å².